The molecule has 16 heavy (non-hydrogen) atoms. The van der Waals surface area contributed by atoms with Crippen molar-refractivity contribution >= 4 is 11.7 Å². The van der Waals surface area contributed by atoms with E-state index in [2.05, 4.69) is 4.74 Å². The third-order valence-corrected chi connectivity index (χ3v) is 2.71. The average Bonchev–Trinajstić information content (AvgIpc) is 2.21. The molecule has 0 unspecified atom stereocenters. The smallest absolute Gasteiger partial charge is 0.328 e. The number of benzene rings is 1. The molecule has 1 heterocycles. The lowest BCUT2D eigenvalue weighted by molar-refractivity contribution is -0.143. The molecule has 0 aromatic heterocycles. The third-order valence-electron chi connectivity index (χ3n) is 2.71. The van der Waals surface area contributed by atoms with E-state index < -0.39 is 23.6 Å². The van der Waals surface area contributed by atoms with Gasteiger partial charge in [-0.25, -0.2) is 13.6 Å². The maximum atomic E-state index is 13.4. The second kappa shape index (κ2) is 4.08. The predicted octanol–water partition coefficient (Wildman–Crippen LogP) is 1.72. The van der Waals surface area contributed by atoms with Gasteiger partial charge in [0.2, 0.25) is 0 Å². The Kier molecular flexibility index (Phi) is 2.77. The van der Waals surface area contributed by atoms with Crippen molar-refractivity contribution in [3.05, 3.63) is 29.8 Å². The van der Waals surface area contributed by atoms with E-state index in [4.69, 9.17) is 0 Å². The van der Waals surface area contributed by atoms with Crippen LogP contribution in [0.3, 0.4) is 0 Å². The van der Waals surface area contributed by atoms with Crippen molar-refractivity contribution in [1.82, 2.24) is 0 Å². The maximum absolute atomic E-state index is 13.4. The normalized spacial score (nSPS) is 19.2. The SMILES string of the molecule is COC(=O)[C@@H]1CCN1c1cc(F)ccc1F. The highest BCUT2D eigenvalue weighted by Gasteiger charge is 2.36. The minimum Gasteiger partial charge on any atom is -0.467 e. The molecule has 1 aliphatic rings. The minimum atomic E-state index is -0.532. The van der Waals surface area contributed by atoms with Gasteiger partial charge in [-0.3, -0.25) is 0 Å². The summed E-state index contributed by atoms with van der Waals surface area (Å²) in [5.41, 5.74) is 0.113. The summed E-state index contributed by atoms with van der Waals surface area (Å²) in [6.07, 6.45) is 0.600. The molecule has 1 aromatic rings. The summed E-state index contributed by atoms with van der Waals surface area (Å²) in [7, 11) is 1.28. The van der Waals surface area contributed by atoms with Gasteiger partial charge in [-0.15, -0.1) is 0 Å². The van der Waals surface area contributed by atoms with Crippen molar-refractivity contribution in [3.8, 4) is 0 Å². The Morgan fingerprint density at radius 1 is 1.50 bits per heavy atom. The van der Waals surface area contributed by atoms with Gasteiger partial charge >= 0.3 is 5.97 Å². The monoisotopic (exact) mass is 227 g/mol. The summed E-state index contributed by atoms with van der Waals surface area (Å²) in [5, 5.41) is 0. The van der Waals surface area contributed by atoms with E-state index in [0.717, 1.165) is 18.2 Å². The summed E-state index contributed by atoms with van der Waals surface area (Å²) in [6, 6.07) is 2.69. The lowest BCUT2D eigenvalue weighted by Gasteiger charge is -2.40. The number of anilines is 1. The first-order valence-corrected chi connectivity index (χ1v) is 4.93. The highest BCUT2D eigenvalue weighted by molar-refractivity contribution is 5.82. The molecule has 5 heteroatoms. The largest absolute Gasteiger partial charge is 0.467 e. The molecule has 1 fully saturated rings. The molecular weight excluding hydrogens is 216 g/mol. The molecule has 0 radical (unpaired) electrons. The Bertz CT molecular complexity index is 422. The van der Waals surface area contributed by atoms with Gasteiger partial charge < -0.3 is 9.64 Å². The number of hydrogen-bond acceptors (Lipinski definition) is 3. The van der Waals surface area contributed by atoms with Crippen LogP contribution in [0, 0.1) is 11.6 Å². The first-order valence-electron chi connectivity index (χ1n) is 4.93. The maximum Gasteiger partial charge on any atom is 0.328 e. The molecule has 0 bridgehead atoms. The molecule has 0 N–H and O–H groups in total. The molecule has 0 amide bonds. The topological polar surface area (TPSA) is 29.5 Å². The van der Waals surface area contributed by atoms with Crippen molar-refractivity contribution in [1.29, 1.82) is 0 Å². The summed E-state index contributed by atoms with van der Waals surface area (Å²) in [5.74, 6) is -1.48. The van der Waals surface area contributed by atoms with Gasteiger partial charge in [0.1, 0.15) is 17.7 Å². The number of ether oxygens (including phenoxy) is 1. The van der Waals surface area contributed by atoms with Crippen molar-refractivity contribution in [2.75, 3.05) is 18.6 Å². The Balaban J connectivity index is 2.24. The lowest BCUT2D eigenvalue weighted by atomic mass is 10.0. The van der Waals surface area contributed by atoms with Crippen molar-refractivity contribution in [2.45, 2.75) is 12.5 Å². The zero-order chi connectivity index (χ0) is 11.7. The molecule has 1 saturated heterocycles. The van der Waals surface area contributed by atoms with Crippen molar-refractivity contribution in [3.63, 3.8) is 0 Å². The number of carbonyl (C=O) groups is 1. The highest BCUT2D eigenvalue weighted by atomic mass is 19.1. The zero-order valence-electron chi connectivity index (χ0n) is 8.74. The highest BCUT2D eigenvalue weighted by Crippen LogP contribution is 2.29. The van der Waals surface area contributed by atoms with Crippen LogP contribution < -0.4 is 4.90 Å². The number of rotatable bonds is 2. The number of halogens is 2. The molecular formula is C11H11F2NO2. The fourth-order valence-corrected chi connectivity index (χ4v) is 1.76. The van der Waals surface area contributed by atoms with E-state index in [1.807, 2.05) is 0 Å². The molecule has 2 rings (SSSR count). The van der Waals surface area contributed by atoms with Crippen LogP contribution in [0.4, 0.5) is 14.5 Å². The van der Waals surface area contributed by atoms with Crippen LogP contribution in [-0.2, 0) is 9.53 Å². The fraction of sp³-hybridized carbons (Fsp3) is 0.364. The minimum absolute atomic E-state index is 0.113. The zero-order valence-corrected chi connectivity index (χ0v) is 8.74. The molecule has 86 valence electrons. The van der Waals surface area contributed by atoms with Gasteiger partial charge in [0, 0.05) is 12.6 Å². The van der Waals surface area contributed by atoms with Gasteiger partial charge in [0.05, 0.1) is 12.8 Å². The quantitative estimate of drug-likeness (QED) is 0.720. The predicted molar refractivity (Wildman–Crippen MR) is 54.1 cm³/mol. The Labute approximate surface area is 91.6 Å². The molecule has 3 nitrogen and oxygen atoms in total. The van der Waals surface area contributed by atoms with E-state index in [-0.39, 0.29) is 5.69 Å². The van der Waals surface area contributed by atoms with Gasteiger partial charge in [0.15, 0.2) is 0 Å². The van der Waals surface area contributed by atoms with Crippen LogP contribution in [0.1, 0.15) is 6.42 Å². The fourth-order valence-electron chi connectivity index (χ4n) is 1.76. The number of hydrogen-bond donors (Lipinski definition) is 0. The molecule has 0 spiro atoms. The van der Waals surface area contributed by atoms with Crippen molar-refractivity contribution < 1.29 is 18.3 Å². The Morgan fingerprint density at radius 3 is 2.81 bits per heavy atom. The van der Waals surface area contributed by atoms with Crippen LogP contribution in [0.5, 0.6) is 0 Å². The van der Waals surface area contributed by atoms with Crippen LogP contribution in [-0.4, -0.2) is 25.7 Å². The molecule has 1 atom stereocenters. The third kappa shape index (κ3) is 1.73. The first kappa shape index (κ1) is 10.9. The standard InChI is InChI=1S/C11H11F2NO2/c1-16-11(15)9-4-5-14(9)10-6-7(12)2-3-8(10)13/h2-3,6,9H,4-5H2,1H3/t9-/m0/s1. The number of carbonyl (C=O) groups excluding carboxylic acids is 1. The summed E-state index contributed by atoms with van der Waals surface area (Å²) >= 11 is 0. The van der Waals surface area contributed by atoms with E-state index in [9.17, 15) is 13.6 Å². The second-order valence-electron chi connectivity index (χ2n) is 3.62. The number of nitrogens with zero attached hydrogens (tertiary/aromatic N) is 1. The summed E-state index contributed by atoms with van der Waals surface area (Å²) in [6.45, 7) is 0.528. The van der Waals surface area contributed by atoms with Gasteiger partial charge in [-0.2, -0.15) is 0 Å². The number of esters is 1. The Hall–Kier alpha value is -1.65. The number of methoxy groups -OCH3 is 1. The van der Waals surface area contributed by atoms with E-state index in [1.54, 1.807) is 0 Å². The summed E-state index contributed by atoms with van der Waals surface area (Å²) < 4.78 is 31.0. The van der Waals surface area contributed by atoms with Gasteiger partial charge in [0.25, 0.3) is 0 Å². The van der Waals surface area contributed by atoms with Gasteiger partial charge in [-0.05, 0) is 18.6 Å². The van der Waals surface area contributed by atoms with Gasteiger partial charge in [-0.1, -0.05) is 0 Å². The van der Waals surface area contributed by atoms with E-state index >= 15 is 0 Å². The molecule has 1 aromatic carbocycles. The molecule has 0 aliphatic carbocycles. The molecule has 0 saturated carbocycles. The Morgan fingerprint density at radius 2 is 2.25 bits per heavy atom. The van der Waals surface area contributed by atoms with E-state index in [1.165, 1.54) is 12.0 Å². The summed E-state index contributed by atoms with van der Waals surface area (Å²) in [4.78, 5) is 12.8. The van der Waals surface area contributed by atoms with Crippen LogP contribution >= 0.6 is 0 Å². The van der Waals surface area contributed by atoms with Crippen molar-refractivity contribution in [2.24, 2.45) is 0 Å². The van der Waals surface area contributed by atoms with Crippen LogP contribution in [0.25, 0.3) is 0 Å². The molecule has 1 aliphatic heterocycles. The first-order chi connectivity index (χ1) is 7.63. The lowest BCUT2D eigenvalue weighted by Crippen LogP contribution is -2.53. The van der Waals surface area contributed by atoms with E-state index in [0.29, 0.717) is 13.0 Å². The van der Waals surface area contributed by atoms with Crippen LogP contribution in [0.2, 0.25) is 0 Å². The average molecular weight is 227 g/mol. The van der Waals surface area contributed by atoms with Crippen LogP contribution in [0.15, 0.2) is 18.2 Å². The second-order valence-corrected chi connectivity index (χ2v) is 3.62.